The normalized spacial score (nSPS) is 15.5. The van der Waals surface area contributed by atoms with Crippen molar-refractivity contribution in [3.63, 3.8) is 0 Å². The zero-order valence-corrected chi connectivity index (χ0v) is 10.5. The molecular weight excluding hydrogens is 158 g/mol. The zero-order chi connectivity index (χ0) is 10.6. The molecule has 1 nitrogen and oxygen atoms in total. The Balaban J connectivity index is 4.14. The van der Waals surface area contributed by atoms with E-state index >= 15 is 0 Å². The molecule has 0 aliphatic carbocycles. The Bertz CT molecular complexity index is 133. The van der Waals surface area contributed by atoms with Crippen molar-refractivity contribution in [2.24, 2.45) is 11.3 Å². The molecule has 0 radical (unpaired) electrons. The largest absolute Gasteiger partial charge is 0.304 e. The lowest BCUT2D eigenvalue weighted by Crippen LogP contribution is -2.36. The van der Waals surface area contributed by atoms with E-state index in [9.17, 15) is 0 Å². The molecule has 1 atom stereocenters. The fourth-order valence-corrected chi connectivity index (χ4v) is 1.57. The Labute approximate surface area is 84.5 Å². The quantitative estimate of drug-likeness (QED) is 0.649. The Morgan fingerprint density at radius 2 is 1.62 bits per heavy atom. The molecule has 0 amide bonds. The van der Waals surface area contributed by atoms with Gasteiger partial charge >= 0.3 is 0 Å². The first kappa shape index (κ1) is 13.0. The summed E-state index contributed by atoms with van der Waals surface area (Å²) in [5.41, 5.74) is 0.442. The van der Waals surface area contributed by atoms with Crippen LogP contribution < -0.4 is 0 Å². The molecule has 0 aliphatic heterocycles. The summed E-state index contributed by atoms with van der Waals surface area (Å²) in [6.45, 7) is 15.1. The fourth-order valence-electron chi connectivity index (χ4n) is 1.57. The molecule has 0 aromatic carbocycles. The molecule has 0 saturated heterocycles. The third-order valence-electron chi connectivity index (χ3n) is 3.11. The molecule has 1 heteroatoms. The van der Waals surface area contributed by atoms with Gasteiger partial charge < -0.3 is 4.90 Å². The predicted octanol–water partition coefficient (Wildman–Crippen LogP) is 3.40. The van der Waals surface area contributed by atoms with Gasteiger partial charge in [-0.1, -0.05) is 34.1 Å². The summed E-state index contributed by atoms with van der Waals surface area (Å²) in [5, 5.41) is 0. The van der Waals surface area contributed by atoms with Crippen LogP contribution in [0.15, 0.2) is 0 Å². The monoisotopic (exact) mass is 185 g/mol. The van der Waals surface area contributed by atoms with Crippen LogP contribution in [-0.2, 0) is 0 Å². The molecule has 0 heterocycles. The maximum atomic E-state index is 2.44. The van der Waals surface area contributed by atoms with Crippen molar-refractivity contribution in [2.75, 3.05) is 13.6 Å². The van der Waals surface area contributed by atoms with Gasteiger partial charge in [0.15, 0.2) is 0 Å². The minimum atomic E-state index is 0.442. The van der Waals surface area contributed by atoms with Crippen LogP contribution in [0.25, 0.3) is 0 Å². The van der Waals surface area contributed by atoms with Gasteiger partial charge in [-0.25, -0.2) is 0 Å². The molecule has 80 valence electrons. The standard InChI is InChI=1S/C12H27N/c1-8-11(12(4,5)6)9-13(7)10(2)3/h10-11H,8-9H2,1-7H3. The highest BCUT2D eigenvalue weighted by Crippen LogP contribution is 2.29. The van der Waals surface area contributed by atoms with Crippen molar-refractivity contribution >= 4 is 0 Å². The van der Waals surface area contributed by atoms with E-state index in [-0.39, 0.29) is 0 Å². The lowest BCUT2D eigenvalue weighted by molar-refractivity contribution is 0.144. The SMILES string of the molecule is CCC(CN(C)C(C)C)C(C)(C)C. The third kappa shape index (κ3) is 4.66. The van der Waals surface area contributed by atoms with E-state index in [0.717, 1.165) is 5.92 Å². The zero-order valence-electron chi connectivity index (χ0n) is 10.5. The van der Waals surface area contributed by atoms with Gasteiger partial charge in [0.2, 0.25) is 0 Å². The third-order valence-corrected chi connectivity index (χ3v) is 3.11. The smallest absolute Gasteiger partial charge is 0.00356 e. The maximum absolute atomic E-state index is 2.44. The van der Waals surface area contributed by atoms with E-state index in [2.05, 4.69) is 53.5 Å². The fraction of sp³-hybridized carbons (Fsp3) is 1.00. The van der Waals surface area contributed by atoms with E-state index in [4.69, 9.17) is 0 Å². The number of rotatable bonds is 4. The summed E-state index contributed by atoms with van der Waals surface area (Å²) >= 11 is 0. The molecule has 0 fully saturated rings. The topological polar surface area (TPSA) is 3.24 Å². The van der Waals surface area contributed by atoms with Gasteiger partial charge in [-0.2, -0.15) is 0 Å². The van der Waals surface area contributed by atoms with E-state index in [1.807, 2.05) is 0 Å². The van der Waals surface area contributed by atoms with Gasteiger partial charge in [0.1, 0.15) is 0 Å². The summed E-state index contributed by atoms with van der Waals surface area (Å²) < 4.78 is 0. The number of nitrogens with zero attached hydrogens (tertiary/aromatic N) is 1. The van der Waals surface area contributed by atoms with Gasteiger partial charge in [-0.15, -0.1) is 0 Å². The highest BCUT2D eigenvalue weighted by Gasteiger charge is 2.24. The molecule has 1 unspecified atom stereocenters. The van der Waals surface area contributed by atoms with Gasteiger partial charge in [0.05, 0.1) is 0 Å². The molecule has 0 aromatic heterocycles. The molecule has 0 aromatic rings. The van der Waals surface area contributed by atoms with Crippen LogP contribution in [0.2, 0.25) is 0 Å². The molecule has 0 bridgehead atoms. The highest BCUT2D eigenvalue weighted by atomic mass is 15.1. The van der Waals surface area contributed by atoms with Crippen LogP contribution in [0.5, 0.6) is 0 Å². The molecule has 0 N–H and O–H groups in total. The minimum Gasteiger partial charge on any atom is -0.304 e. The second-order valence-electron chi connectivity index (χ2n) is 5.50. The van der Waals surface area contributed by atoms with Gasteiger partial charge in [-0.05, 0) is 32.2 Å². The number of hydrogen-bond donors (Lipinski definition) is 0. The van der Waals surface area contributed by atoms with E-state index in [1.165, 1.54) is 13.0 Å². The van der Waals surface area contributed by atoms with Gasteiger partial charge in [0, 0.05) is 12.6 Å². The van der Waals surface area contributed by atoms with Crippen LogP contribution in [0.3, 0.4) is 0 Å². The summed E-state index contributed by atoms with van der Waals surface area (Å²) in [5.74, 6) is 0.805. The van der Waals surface area contributed by atoms with Gasteiger partial charge in [0.25, 0.3) is 0 Å². The van der Waals surface area contributed by atoms with Crippen molar-refractivity contribution in [1.82, 2.24) is 4.90 Å². The van der Waals surface area contributed by atoms with E-state index in [0.29, 0.717) is 11.5 Å². The predicted molar refractivity (Wildman–Crippen MR) is 61.0 cm³/mol. The second kappa shape index (κ2) is 4.99. The average molecular weight is 185 g/mol. The van der Waals surface area contributed by atoms with Crippen molar-refractivity contribution in [3.05, 3.63) is 0 Å². The van der Waals surface area contributed by atoms with Crippen molar-refractivity contribution < 1.29 is 0 Å². The van der Waals surface area contributed by atoms with Crippen molar-refractivity contribution in [2.45, 2.75) is 54.0 Å². The number of hydrogen-bond acceptors (Lipinski definition) is 1. The lowest BCUT2D eigenvalue weighted by atomic mass is 9.79. The molecule has 0 saturated carbocycles. The lowest BCUT2D eigenvalue weighted by Gasteiger charge is -2.34. The van der Waals surface area contributed by atoms with E-state index in [1.54, 1.807) is 0 Å². The van der Waals surface area contributed by atoms with Crippen LogP contribution in [0.4, 0.5) is 0 Å². The summed E-state index contributed by atoms with van der Waals surface area (Å²) in [6, 6.07) is 0.663. The van der Waals surface area contributed by atoms with Crippen LogP contribution in [0.1, 0.15) is 48.0 Å². The first-order chi connectivity index (χ1) is 5.79. The second-order valence-corrected chi connectivity index (χ2v) is 5.50. The van der Waals surface area contributed by atoms with Crippen LogP contribution in [-0.4, -0.2) is 24.5 Å². The Hall–Kier alpha value is -0.0400. The highest BCUT2D eigenvalue weighted by molar-refractivity contribution is 4.76. The minimum absolute atomic E-state index is 0.442. The molecule has 0 aliphatic rings. The average Bonchev–Trinajstić information content (AvgIpc) is 1.96. The van der Waals surface area contributed by atoms with Crippen molar-refractivity contribution in [1.29, 1.82) is 0 Å². The molecular formula is C12H27N. The summed E-state index contributed by atoms with van der Waals surface area (Å²) in [6.07, 6.45) is 1.28. The van der Waals surface area contributed by atoms with Crippen molar-refractivity contribution in [3.8, 4) is 0 Å². The molecule has 13 heavy (non-hydrogen) atoms. The summed E-state index contributed by atoms with van der Waals surface area (Å²) in [7, 11) is 2.22. The van der Waals surface area contributed by atoms with Gasteiger partial charge in [-0.3, -0.25) is 0 Å². The Morgan fingerprint density at radius 3 is 1.85 bits per heavy atom. The molecule has 0 rings (SSSR count). The van der Waals surface area contributed by atoms with Crippen LogP contribution >= 0.6 is 0 Å². The Morgan fingerprint density at radius 1 is 1.15 bits per heavy atom. The Kier molecular flexibility index (Phi) is 4.98. The summed E-state index contributed by atoms with van der Waals surface area (Å²) in [4.78, 5) is 2.44. The molecule has 0 spiro atoms. The van der Waals surface area contributed by atoms with Crippen LogP contribution in [0, 0.1) is 11.3 Å². The van der Waals surface area contributed by atoms with E-state index < -0.39 is 0 Å². The first-order valence-electron chi connectivity index (χ1n) is 5.49. The first-order valence-corrected chi connectivity index (χ1v) is 5.49. The maximum Gasteiger partial charge on any atom is 0.00356 e.